The van der Waals surface area contributed by atoms with E-state index in [1.165, 1.54) is 11.1 Å². The molecule has 108 valence electrons. The van der Waals surface area contributed by atoms with Gasteiger partial charge in [0.05, 0.1) is 0 Å². The molecule has 1 N–H and O–H groups in total. The Morgan fingerprint density at radius 2 is 2.00 bits per heavy atom. The van der Waals surface area contributed by atoms with E-state index >= 15 is 0 Å². The Bertz CT molecular complexity index is 639. The van der Waals surface area contributed by atoms with E-state index in [0.29, 0.717) is 18.1 Å². The van der Waals surface area contributed by atoms with Crippen LogP contribution in [0.25, 0.3) is 0 Å². The van der Waals surface area contributed by atoms with E-state index < -0.39 is 0 Å². The second-order valence-electron chi connectivity index (χ2n) is 5.08. The zero-order valence-electron chi connectivity index (χ0n) is 12.0. The highest BCUT2D eigenvalue weighted by atomic mass is 16.2. The molecule has 0 unspecified atom stereocenters. The van der Waals surface area contributed by atoms with Gasteiger partial charge in [0, 0.05) is 19.6 Å². The Balaban J connectivity index is 1.74. The smallest absolute Gasteiger partial charge is 0.274 e. The molecule has 1 aliphatic rings. The van der Waals surface area contributed by atoms with Crippen molar-refractivity contribution in [3.63, 3.8) is 0 Å². The van der Waals surface area contributed by atoms with Crippen molar-refractivity contribution in [1.82, 2.24) is 15.1 Å². The van der Waals surface area contributed by atoms with Gasteiger partial charge in [0.2, 0.25) is 0 Å². The quantitative estimate of drug-likeness (QED) is 0.936. The maximum atomic E-state index is 12.5. The molecule has 0 saturated heterocycles. The van der Waals surface area contributed by atoms with Crippen LogP contribution in [0.15, 0.2) is 36.4 Å². The van der Waals surface area contributed by atoms with Crippen LogP contribution < -0.4 is 5.32 Å². The van der Waals surface area contributed by atoms with Gasteiger partial charge in [0.1, 0.15) is 5.82 Å². The molecule has 0 bridgehead atoms. The van der Waals surface area contributed by atoms with Gasteiger partial charge in [-0.05, 0) is 36.6 Å². The Labute approximate surface area is 124 Å². The molecule has 2 heterocycles. The van der Waals surface area contributed by atoms with Gasteiger partial charge in [-0.2, -0.15) is 0 Å². The summed E-state index contributed by atoms with van der Waals surface area (Å²) in [6, 6.07) is 11.8. The average Bonchev–Trinajstić information content (AvgIpc) is 2.55. The molecule has 5 heteroatoms. The van der Waals surface area contributed by atoms with Crippen molar-refractivity contribution >= 4 is 11.7 Å². The molecule has 0 fully saturated rings. The van der Waals surface area contributed by atoms with Crippen LogP contribution >= 0.6 is 0 Å². The normalized spacial score (nSPS) is 13.7. The number of carbonyl (C=O) groups is 1. The molecule has 21 heavy (non-hydrogen) atoms. The maximum absolute atomic E-state index is 12.5. The van der Waals surface area contributed by atoms with E-state index in [9.17, 15) is 4.79 Å². The third-order valence-electron chi connectivity index (χ3n) is 3.66. The fourth-order valence-corrected chi connectivity index (χ4v) is 2.55. The summed E-state index contributed by atoms with van der Waals surface area (Å²) in [5, 5.41) is 11.1. The number of rotatable bonds is 3. The molecular formula is C16H18N4O. The molecule has 0 spiro atoms. The van der Waals surface area contributed by atoms with E-state index in [1.54, 1.807) is 12.1 Å². The topological polar surface area (TPSA) is 58.1 Å². The fraction of sp³-hybridized carbons (Fsp3) is 0.312. The number of fused-ring (bicyclic) bond motifs is 1. The first kappa shape index (κ1) is 13.5. The maximum Gasteiger partial charge on any atom is 0.274 e. The lowest BCUT2D eigenvalue weighted by Crippen LogP contribution is -2.36. The summed E-state index contributed by atoms with van der Waals surface area (Å²) in [4.78, 5) is 14.3. The minimum atomic E-state index is -0.0555. The lowest BCUT2D eigenvalue weighted by molar-refractivity contribution is 0.0727. The van der Waals surface area contributed by atoms with Gasteiger partial charge >= 0.3 is 0 Å². The second-order valence-corrected chi connectivity index (χ2v) is 5.08. The van der Waals surface area contributed by atoms with Gasteiger partial charge in [-0.3, -0.25) is 4.79 Å². The Hall–Kier alpha value is -2.43. The molecule has 1 aromatic heterocycles. The van der Waals surface area contributed by atoms with Crippen LogP contribution in [0.2, 0.25) is 0 Å². The number of carbonyl (C=O) groups excluding carboxylic acids is 1. The third kappa shape index (κ3) is 2.86. The highest BCUT2D eigenvalue weighted by molar-refractivity contribution is 5.92. The van der Waals surface area contributed by atoms with Crippen LogP contribution in [0.5, 0.6) is 0 Å². The standard InChI is InChI=1S/C16H18N4O/c1-2-17-15-8-7-14(18-19-15)16(21)20-10-9-12-5-3-4-6-13(12)11-20/h3-8H,2,9-11H2,1H3,(H,17,19). The van der Waals surface area contributed by atoms with E-state index in [-0.39, 0.29) is 5.91 Å². The van der Waals surface area contributed by atoms with Gasteiger partial charge in [-0.15, -0.1) is 10.2 Å². The summed E-state index contributed by atoms with van der Waals surface area (Å²) in [5.74, 6) is 0.637. The third-order valence-corrected chi connectivity index (χ3v) is 3.66. The molecule has 1 aliphatic heterocycles. The molecule has 1 aromatic carbocycles. The highest BCUT2D eigenvalue weighted by Gasteiger charge is 2.22. The van der Waals surface area contributed by atoms with Gasteiger partial charge in [-0.1, -0.05) is 24.3 Å². The summed E-state index contributed by atoms with van der Waals surface area (Å²) in [5.41, 5.74) is 2.94. The van der Waals surface area contributed by atoms with Crippen LogP contribution in [0.3, 0.4) is 0 Å². The SMILES string of the molecule is CCNc1ccc(C(=O)N2CCc3ccccc3C2)nn1. The first-order chi connectivity index (χ1) is 10.3. The van der Waals surface area contributed by atoms with Crippen molar-refractivity contribution in [2.75, 3.05) is 18.4 Å². The number of hydrogen-bond donors (Lipinski definition) is 1. The lowest BCUT2D eigenvalue weighted by Gasteiger charge is -2.28. The summed E-state index contributed by atoms with van der Waals surface area (Å²) in [7, 11) is 0. The number of amides is 1. The van der Waals surface area contributed by atoms with Gasteiger partial charge < -0.3 is 10.2 Å². The van der Waals surface area contributed by atoms with Gasteiger partial charge in [0.25, 0.3) is 5.91 Å². The van der Waals surface area contributed by atoms with E-state index in [1.807, 2.05) is 24.0 Å². The Morgan fingerprint density at radius 3 is 2.71 bits per heavy atom. The summed E-state index contributed by atoms with van der Waals surface area (Å²) in [6.45, 7) is 4.15. The molecule has 0 radical (unpaired) electrons. The number of benzene rings is 1. The number of hydrogen-bond acceptors (Lipinski definition) is 4. The van der Waals surface area contributed by atoms with E-state index in [0.717, 1.165) is 19.5 Å². The van der Waals surface area contributed by atoms with Crippen LogP contribution in [-0.4, -0.2) is 34.1 Å². The molecule has 0 saturated carbocycles. The van der Waals surface area contributed by atoms with Crippen molar-refractivity contribution in [2.45, 2.75) is 19.9 Å². The van der Waals surface area contributed by atoms with Crippen molar-refractivity contribution in [3.05, 3.63) is 53.2 Å². The minimum absolute atomic E-state index is 0.0555. The fourth-order valence-electron chi connectivity index (χ4n) is 2.55. The first-order valence-electron chi connectivity index (χ1n) is 7.21. The number of aromatic nitrogens is 2. The van der Waals surface area contributed by atoms with Crippen LogP contribution in [0.1, 0.15) is 28.5 Å². The summed E-state index contributed by atoms with van der Waals surface area (Å²) >= 11 is 0. The largest absolute Gasteiger partial charge is 0.369 e. The molecular weight excluding hydrogens is 264 g/mol. The monoisotopic (exact) mass is 282 g/mol. The minimum Gasteiger partial charge on any atom is -0.369 e. The summed E-state index contributed by atoms with van der Waals surface area (Å²) < 4.78 is 0. The van der Waals surface area contributed by atoms with Crippen molar-refractivity contribution < 1.29 is 4.79 Å². The number of nitrogens with zero attached hydrogens (tertiary/aromatic N) is 3. The van der Waals surface area contributed by atoms with Crippen molar-refractivity contribution in [1.29, 1.82) is 0 Å². The molecule has 1 amide bonds. The molecule has 5 nitrogen and oxygen atoms in total. The summed E-state index contributed by atoms with van der Waals surface area (Å²) in [6.07, 6.45) is 0.894. The molecule has 3 rings (SSSR count). The van der Waals surface area contributed by atoms with Gasteiger partial charge in [-0.25, -0.2) is 0 Å². The van der Waals surface area contributed by atoms with E-state index in [4.69, 9.17) is 0 Å². The Kier molecular flexibility index (Phi) is 3.81. The van der Waals surface area contributed by atoms with Crippen LogP contribution in [0.4, 0.5) is 5.82 Å². The second kappa shape index (κ2) is 5.91. The predicted octanol–water partition coefficient (Wildman–Crippen LogP) is 2.11. The zero-order chi connectivity index (χ0) is 14.7. The highest BCUT2D eigenvalue weighted by Crippen LogP contribution is 2.19. The zero-order valence-corrected chi connectivity index (χ0v) is 12.0. The van der Waals surface area contributed by atoms with Gasteiger partial charge in [0.15, 0.2) is 5.69 Å². The average molecular weight is 282 g/mol. The van der Waals surface area contributed by atoms with Crippen LogP contribution in [-0.2, 0) is 13.0 Å². The number of nitrogens with one attached hydrogen (secondary N) is 1. The lowest BCUT2D eigenvalue weighted by atomic mass is 10.00. The van der Waals surface area contributed by atoms with Crippen LogP contribution in [0, 0.1) is 0 Å². The molecule has 0 atom stereocenters. The molecule has 2 aromatic rings. The molecule has 0 aliphatic carbocycles. The first-order valence-corrected chi connectivity index (χ1v) is 7.21. The van der Waals surface area contributed by atoms with E-state index in [2.05, 4.69) is 27.6 Å². The van der Waals surface area contributed by atoms with Crippen molar-refractivity contribution in [3.8, 4) is 0 Å². The van der Waals surface area contributed by atoms with Crippen molar-refractivity contribution in [2.24, 2.45) is 0 Å². The Morgan fingerprint density at radius 1 is 1.19 bits per heavy atom. The predicted molar refractivity (Wildman–Crippen MR) is 81.1 cm³/mol. The number of anilines is 1.